The summed E-state index contributed by atoms with van der Waals surface area (Å²) < 4.78 is 0. The molecule has 2 atom stereocenters. The molecule has 0 aromatic carbocycles. The van der Waals surface area contributed by atoms with E-state index in [1.165, 1.54) is 70.9 Å². The summed E-state index contributed by atoms with van der Waals surface area (Å²) in [6, 6.07) is 0. The van der Waals surface area contributed by atoms with Crippen molar-refractivity contribution in [2.75, 3.05) is 19.6 Å². The molecule has 0 aromatic rings. The Labute approximate surface area is 132 Å². The molecule has 2 fully saturated rings. The fourth-order valence-electron chi connectivity index (χ4n) is 4.46. The molecule has 0 radical (unpaired) electrons. The average Bonchev–Trinajstić information content (AvgIpc) is 2.76. The standard InChI is InChI=1S/C19H37NO/c1-3-19(21,15-18-11-7-6-8-12-18)17(2)16-20-13-9-4-5-10-14-20/h17-18,21H,3-16H2,1-2H3. The molecule has 1 heterocycles. The van der Waals surface area contributed by atoms with Crippen molar-refractivity contribution in [1.29, 1.82) is 0 Å². The van der Waals surface area contributed by atoms with Crippen molar-refractivity contribution in [1.82, 2.24) is 4.90 Å². The minimum Gasteiger partial charge on any atom is -0.390 e. The molecule has 0 spiro atoms. The van der Waals surface area contributed by atoms with Crippen LogP contribution in [0.5, 0.6) is 0 Å². The molecular weight excluding hydrogens is 258 g/mol. The van der Waals surface area contributed by atoms with Gasteiger partial charge in [-0.25, -0.2) is 0 Å². The fourth-order valence-corrected chi connectivity index (χ4v) is 4.46. The second-order valence-corrected chi connectivity index (χ2v) is 7.78. The second-order valence-electron chi connectivity index (χ2n) is 7.78. The predicted octanol–water partition coefficient (Wildman–Crippen LogP) is 4.61. The van der Waals surface area contributed by atoms with Crippen LogP contribution in [-0.2, 0) is 0 Å². The summed E-state index contributed by atoms with van der Waals surface area (Å²) in [6.45, 7) is 8.05. The van der Waals surface area contributed by atoms with Crippen LogP contribution in [0.15, 0.2) is 0 Å². The highest BCUT2D eigenvalue weighted by molar-refractivity contribution is 4.88. The summed E-state index contributed by atoms with van der Waals surface area (Å²) in [5.74, 6) is 1.18. The molecule has 21 heavy (non-hydrogen) atoms. The Morgan fingerprint density at radius 3 is 2.14 bits per heavy atom. The van der Waals surface area contributed by atoms with Gasteiger partial charge < -0.3 is 10.0 Å². The van der Waals surface area contributed by atoms with Gasteiger partial charge in [0, 0.05) is 6.54 Å². The molecule has 2 aliphatic rings. The lowest BCUT2D eigenvalue weighted by atomic mass is 9.74. The minimum absolute atomic E-state index is 0.405. The molecule has 1 N–H and O–H groups in total. The molecule has 2 heteroatoms. The zero-order valence-electron chi connectivity index (χ0n) is 14.4. The van der Waals surface area contributed by atoms with Crippen molar-refractivity contribution in [2.24, 2.45) is 11.8 Å². The maximum absolute atomic E-state index is 11.2. The predicted molar refractivity (Wildman–Crippen MR) is 90.5 cm³/mol. The highest BCUT2D eigenvalue weighted by atomic mass is 16.3. The third-order valence-electron chi connectivity index (χ3n) is 6.13. The van der Waals surface area contributed by atoms with E-state index in [0.717, 1.165) is 25.3 Å². The number of rotatable bonds is 6. The van der Waals surface area contributed by atoms with Crippen LogP contribution >= 0.6 is 0 Å². The minimum atomic E-state index is -0.436. The SMILES string of the molecule is CCC(O)(CC1CCCCC1)C(C)CN1CCCCCC1. The van der Waals surface area contributed by atoms with Gasteiger partial charge in [0.25, 0.3) is 0 Å². The molecule has 1 aliphatic carbocycles. The normalized spacial score (nSPS) is 27.0. The second kappa shape index (κ2) is 8.53. The summed E-state index contributed by atoms with van der Waals surface area (Å²) in [6.07, 6.45) is 14.3. The van der Waals surface area contributed by atoms with Gasteiger partial charge in [-0.3, -0.25) is 0 Å². The lowest BCUT2D eigenvalue weighted by Crippen LogP contribution is -2.44. The molecule has 0 bridgehead atoms. The van der Waals surface area contributed by atoms with Crippen molar-refractivity contribution >= 4 is 0 Å². The van der Waals surface area contributed by atoms with Crippen LogP contribution in [0.4, 0.5) is 0 Å². The number of aliphatic hydroxyl groups is 1. The molecule has 1 saturated carbocycles. The fraction of sp³-hybridized carbons (Fsp3) is 1.00. The monoisotopic (exact) mass is 295 g/mol. The molecule has 124 valence electrons. The highest BCUT2D eigenvalue weighted by Crippen LogP contribution is 2.36. The Hall–Kier alpha value is -0.0800. The Kier molecular flexibility index (Phi) is 7.01. The maximum atomic E-state index is 11.2. The molecule has 2 unspecified atom stereocenters. The van der Waals surface area contributed by atoms with Crippen LogP contribution in [0.3, 0.4) is 0 Å². The van der Waals surface area contributed by atoms with Crippen LogP contribution in [0, 0.1) is 11.8 Å². The molecule has 1 aliphatic heterocycles. The third-order valence-corrected chi connectivity index (χ3v) is 6.13. The van der Waals surface area contributed by atoms with E-state index in [4.69, 9.17) is 0 Å². The molecule has 0 aromatic heterocycles. The van der Waals surface area contributed by atoms with Gasteiger partial charge in [0.2, 0.25) is 0 Å². The van der Waals surface area contributed by atoms with E-state index >= 15 is 0 Å². The Morgan fingerprint density at radius 1 is 1.00 bits per heavy atom. The number of hydrogen-bond donors (Lipinski definition) is 1. The van der Waals surface area contributed by atoms with Crippen molar-refractivity contribution in [3.63, 3.8) is 0 Å². The zero-order valence-corrected chi connectivity index (χ0v) is 14.4. The largest absolute Gasteiger partial charge is 0.390 e. The van der Waals surface area contributed by atoms with E-state index in [-0.39, 0.29) is 0 Å². The van der Waals surface area contributed by atoms with E-state index < -0.39 is 5.60 Å². The van der Waals surface area contributed by atoms with E-state index in [1.807, 2.05) is 0 Å². The topological polar surface area (TPSA) is 23.5 Å². The zero-order chi connectivity index (χ0) is 15.1. The summed E-state index contributed by atoms with van der Waals surface area (Å²) in [5.41, 5.74) is -0.436. The molecule has 0 amide bonds. The first-order valence-electron chi connectivity index (χ1n) is 9.59. The van der Waals surface area contributed by atoms with E-state index in [0.29, 0.717) is 5.92 Å². The van der Waals surface area contributed by atoms with Crippen LogP contribution in [-0.4, -0.2) is 35.2 Å². The van der Waals surface area contributed by atoms with Gasteiger partial charge in [0.05, 0.1) is 5.60 Å². The van der Waals surface area contributed by atoms with Gasteiger partial charge >= 0.3 is 0 Å². The van der Waals surface area contributed by atoms with Gasteiger partial charge in [-0.1, -0.05) is 58.8 Å². The summed E-state index contributed by atoms with van der Waals surface area (Å²) in [4.78, 5) is 2.61. The maximum Gasteiger partial charge on any atom is 0.0685 e. The molecule has 2 rings (SSSR count). The average molecular weight is 296 g/mol. The number of likely N-dealkylation sites (tertiary alicyclic amines) is 1. The number of nitrogens with zero attached hydrogens (tertiary/aromatic N) is 1. The lowest BCUT2D eigenvalue weighted by molar-refractivity contribution is -0.0500. The Balaban J connectivity index is 1.87. The summed E-state index contributed by atoms with van der Waals surface area (Å²) >= 11 is 0. The molecular formula is C19H37NO. The number of hydrogen-bond acceptors (Lipinski definition) is 2. The van der Waals surface area contributed by atoms with Gasteiger partial charge in [-0.15, -0.1) is 0 Å². The molecule has 2 nitrogen and oxygen atoms in total. The van der Waals surface area contributed by atoms with Crippen molar-refractivity contribution in [3.05, 3.63) is 0 Å². The first-order valence-corrected chi connectivity index (χ1v) is 9.59. The van der Waals surface area contributed by atoms with E-state index in [2.05, 4.69) is 18.7 Å². The van der Waals surface area contributed by atoms with Crippen LogP contribution in [0.2, 0.25) is 0 Å². The van der Waals surface area contributed by atoms with Gasteiger partial charge in [0.1, 0.15) is 0 Å². The Morgan fingerprint density at radius 2 is 1.57 bits per heavy atom. The lowest BCUT2D eigenvalue weighted by Gasteiger charge is -2.39. The van der Waals surface area contributed by atoms with E-state index in [1.54, 1.807) is 0 Å². The van der Waals surface area contributed by atoms with Crippen molar-refractivity contribution in [2.45, 2.75) is 90.1 Å². The first-order chi connectivity index (χ1) is 10.1. The van der Waals surface area contributed by atoms with Crippen molar-refractivity contribution in [3.8, 4) is 0 Å². The third kappa shape index (κ3) is 5.25. The van der Waals surface area contributed by atoms with Crippen LogP contribution in [0.25, 0.3) is 0 Å². The Bertz CT molecular complexity index is 279. The molecule has 1 saturated heterocycles. The smallest absolute Gasteiger partial charge is 0.0685 e. The summed E-state index contributed by atoms with van der Waals surface area (Å²) in [7, 11) is 0. The van der Waals surface area contributed by atoms with Crippen LogP contribution < -0.4 is 0 Å². The first kappa shape index (κ1) is 17.3. The van der Waals surface area contributed by atoms with Gasteiger partial charge in [-0.05, 0) is 50.6 Å². The van der Waals surface area contributed by atoms with Gasteiger partial charge in [0.15, 0.2) is 0 Å². The van der Waals surface area contributed by atoms with Crippen molar-refractivity contribution < 1.29 is 5.11 Å². The quantitative estimate of drug-likeness (QED) is 0.773. The summed E-state index contributed by atoms with van der Waals surface area (Å²) in [5, 5.41) is 11.2. The van der Waals surface area contributed by atoms with E-state index in [9.17, 15) is 5.11 Å². The van der Waals surface area contributed by atoms with Gasteiger partial charge in [-0.2, -0.15) is 0 Å². The highest BCUT2D eigenvalue weighted by Gasteiger charge is 2.35. The van der Waals surface area contributed by atoms with Crippen LogP contribution in [0.1, 0.15) is 84.5 Å².